The fourth-order valence-corrected chi connectivity index (χ4v) is 4.55. The van der Waals surface area contributed by atoms with Gasteiger partial charge in [-0.3, -0.25) is 0 Å². The third-order valence-electron chi connectivity index (χ3n) is 5.11. The monoisotopic (exact) mass is 467 g/mol. The Morgan fingerprint density at radius 1 is 0.794 bits per heavy atom. The van der Waals surface area contributed by atoms with Crippen molar-refractivity contribution in [2.24, 2.45) is 4.99 Å². The summed E-state index contributed by atoms with van der Waals surface area (Å²) in [4.78, 5) is 32.7. The van der Waals surface area contributed by atoms with E-state index in [1.54, 1.807) is 41.7 Å². The van der Waals surface area contributed by atoms with Crippen LogP contribution >= 0.6 is 11.3 Å². The Hall–Kier alpha value is -4.56. The van der Waals surface area contributed by atoms with E-state index in [-0.39, 0.29) is 11.1 Å². The van der Waals surface area contributed by atoms with Crippen LogP contribution in [0.5, 0.6) is 0 Å². The maximum absolute atomic E-state index is 11.2. The van der Waals surface area contributed by atoms with Gasteiger partial charge >= 0.3 is 11.9 Å². The minimum atomic E-state index is -0.993. The van der Waals surface area contributed by atoms with Crippen molar-refractivity contribution in [1.29, 1.82) is 0 Å². The zero-order chi connectivity index (χ0) is 23.7. The van der Waals surface area contributed by atoms with Crippen LogP contribution in [0.2, 0.25) is 0 Å². The molecule has 5 rings (SSSR count). The molecule has 3 aromatic carbocycles. The van der Waals surface area contributed by atoms with Crippen molar-refractivity contribution < 1.29 is 19.8 Å². The van der Waals surface area contributed by atoms with Gasteiger partial charge in [-0.1, -0.05) is 12.1 Å². The number of nitrogens with one attached hydrogen (secondary N) is 1. The molecule has 1 aliphatic heterocycles. The number of aromatic carboxylic acids is 2. The van der Waals surface area contributed by atoms with Crippen molar-refractivity contribution in [2.75, 3.05) is 5.32 Å². The number of carboxylic acids is 2. The first-order valence-corrected chi connectivity index (χ1v) is 11.1. The molecule has 0 saturated heterocycles. The van der Waals surface area contributed by atoms with Gasteiger partial charge in [-0.25, -0.2) is 19.6 Å². The fourth-order valence-electron chi connectivity index (χ4n) is 3.51. The Morgan fingerprint density at radius 2 is 1.53 bits per heavy atom. The highest BCUT2D eigenvalue weighted by Gasteiger charge is 2.09. The molecule has 3 N–H and O–H groups in total. The Kier molecular flexibility index (Phi) is 5.49. The molecule has 0 bridgehead atoms. The van der Waals surface area contributed by atoms with Gasteiger partial charge in [-0.15, -0.1) is 11.3 Å². The molecule has 0 spiro atoms. The van der Waals surface area contributed by atoms with Crippen molar-refractivity contribution in [3.05, 3.63) is 101 Å². The van der Waals surface area contributed by atoms with E-state index in [4.69, 9.17) is 4.98 Å². The summed E-state index contributed by atoms with van der Waals surface area (Å²) >= 11 is 1.57. The molecule has 7 nitrogen and oxygen atoms in total. The zero-order valence-electron chi connectivity index (χ0n) is 17.6. The molecule has 34 heavy (non-hydrogen) atoms. The van der Waals surface area contributed by atoms with Crippen LogP contribution in [0.3, 0.4) is 0 Å². The predicted molar refractivity (Wildman–Crippen MR) is 132 cm³/mol. The van der Waals surface area contributed by atoms with E-state index in [0.717, 1.165) is 26.5 Å². The lowest BCUT2D eigenvalue weighted by molar-refractivity contribution is 0.0686. The third-order valence-corrected chi connectivity index (χ3v) is 6.21. The number of carboxylic acid groups (broad SMARTS) is 2. The van der Waals surface area contributed by atoms with Crippen molar-refractivity contribution in [1.82, 2.24) is 4.98 Å². The van der Waals surface area contributed by atoms with Crippen LogP contribution in [0.4, 0.5) is 17.1 Å². The number of carbonyl (C=O) groups is 2. The van der Waals surface area contributed by atoms with Crippen LogP contribution in [0.1, 0.15) is 20.7 Å². The number of nitrogens with zero attached hydrogens (tertiary/aromatic N) is 2. The summed E-state index contributed by atoms with van der Waals surface area (Å²) in [5, 5.41) is 22.3. The minimum absolute atomic E-state index is 0.187. The standard InChI is InChI=1S/C26H17N3O4S/c30-25(31)15-3-1-5-17(11-15)27-19-7-9-21-23(13-19)34-24-14-20(8-10-22(24)29-21)28-18-6-2-4-16(12-18)26(32)33/h1-14,27H,(H,30,31)(H,32,33). The first kappa shape index (κ1) is 21.3. The minimum Gasteiger partial charge on any atom is -0.478 e. The van der Waals surface area contributed by atoms with Crippen LogP contribution in [-0.2, 0) is 0 Å². The van der Waals surface area contributed by atoms with E-state index < -0.39 is 11.9 Å². The molecule has 2 aliphatic rings. The second kappa shape index (κ2) is 8.76. The second-order valence-electron chi connectivity index (χ2n) is 7.53. The smallest absolute Gasteiger partial charge is 0.335 e. The molecule has 166 valence electrons. The van der Waals surface area contributed by atoms with Crippen LogP contribution in [0, 0.1) is 0 Å². The van der Waals surface area contributed by atoms with Crippen molar-refractivity contribution in [2.45, 2.75) is 0 Å². The van der Waals surface area contributed by atoms with Crippen LogP contribution < -0.4 is 10.7 Å². The van der Waals surface area contributed by atoms with Gasteiger partial charge < -0.3 is 15.5 Å². The summed E-state index contributed by atoms with van der Waals surface area (Å²) in [6.07, 6.45) is 0. The second-order valence-corrected chi connectivity index (χ2v) is 8.61. The van der Waals surface area contributed by atoms with Gasteiger partial charge in [0.2, 0.25) is 0 Å². The highest BCUT2D eigenvalue weighted by molar-refractivity contribution is 7.21. The highest BCUT2D eigenvalue weighted by atomic mass is 32.1. The predicted octanol–water partition coefficient (Wildman–Crippen LogP) is 5.77. The summed E-state index contributed by atoms with van der Waals surface area (Å²) in [6.45, 7) is 0. The van der Waals surface area contributed by atoms with E-state index in [1.165, 1.54) is 12.1 Å². The molecule has 0 unspecified atom stereocenters. The van der Waals surface area contributed by atoms with E-state index in [9.17, 15) is 19.8 Å². The highest BCUT2D eigenvalue weighted by Crippen LogP contribution is 2.32. The molecule has 1 aliphatic carbocycles. The number of fused-ring (bicyclic) bond motifs is 2. The Morgan fingerprint density at radius 3 is 2.32 bits per heavy atom. The lowest BCUT2D eigenvalue weighted by atomic mass is 10.2. The van der Waals surface area contributed by atoms with Crippen molar-refractivity contribution in [3.8, 4) is 10.6 Å². The summed E-state index contributed by atoms with van der Waals surface area (Å²) < 4.78 is 0.955. The lowest BCUT2D eigenvalue weighted by Crippen LogP contribution is -2.02. The topological polar surface area (TPSA) is 112 Å². The summed E-state index contributed by atoms with van der Waals surface area (Å²) in [7, 11) is 0. The number of hydrogen-bond donors (Lipinski definition) is 3. The van der Waals surface area contributed by atoms with Crippen LogP contribution in [0.15, 0.2) is 89.9 Å². The number of aromatic nitrogens is 1. The molecule has 0 aromatic heterocycles. The average Bonchev–Trinajstić information content (AvgIpc) is 2.83. The molecule has 0 fully saturated rings. The number of hydrogen-bond acceptors (Lipinski definition) is 6. The van der Waals surface area contributed by atoms with E-state index >= 15 is 0 Å². The molecule has 0 amide bonds. The van der Waals surface area contributed by atoms with Gasteiger partial charge in [-0.2, -0.15) is 0 Å². The molecule has 0 atom stereocenters. The zero-order valence-corrected chi connectivity index (χ0v) is 18.4. The molecular weight excluding hydrogens is 450 g/mol. The van der Waals surface area contributed by atoms with Gasteiger partial charge in [-0.05, 0) is 72.8 Å². The number of anilines is 2. The van der Waals surface area contributed by atoms with Gasteiger partial charge in [0, 0.05) is 11.4 Å². The SMILES string of the molecule is O=C(O)c1cccc(N=c2ccc3nc4ccc(Nc5cccc(C(=O)O)c5)cc4sc-3c2)c1. The summed E-state index contributed by atoms with van der Waals surface area (Å²) in [5.41, 5.74) is 4.15. The number of benzene rings is 4. The molecule has 1 heterocycles. The summed E-state index contributed by atoms with van der Waals surface area (Å²) in [5.74, 6) is -1.97. The Labute approximate surface area is 197 Å². The Balaban J connectivity index is 1.51. The maximum atomic E-state index is 11.2. The van der Waals surface area contributed by atoms with Crippen LogP contribution in [-0.4, -0.2) is 27.1 Å². The average molecular weight is 468 g/mol. The van der Waals surface area contributed by atoms with Gasteiger partial charge in [0.05, 0.1) is 43.0 Å². The van der Waals surface area contributed by atoms with Crippen molar-refractivity contribution >= 4 is 50.6 Å². The molecule has 0 radical (unpaired) electrons. The Bertz CT molecular complexity index is 1610. The quantitative estimate of drug-likeness (QED) is 0.283. The molecule has 0 saturated carbocycles. The van der Waals surface area contributed by atoms with Gasteiger partial charge in [0.15, 0.2) is 0 Å². The first-order valence-electron chi connectivity index (χ1n) is 10.3. The first-order chi connectivity index (χ1) is 16.4. The van der Waals surface area contributed by atoms with Gasteiger partial charge in [0.25, 0.3) is 0 Å². The van der Waals surface area contributed by atoms with Crippen molar-refractivity contribution in [3.63, 3.8) is 0 Å². The molecule has 3 aromatic rings. The molecular formula is C26H17N3O4S. The van der Waals surface area contributed by atoms with Crippen LogP contribution in [0.25, 0.3) is 20.8 Å². The maximum Gasteiger partial charge on any atom is 0.335 e. The number of rotatable bonds is 5. The fraction of sp³-hybridized carbons (Fsp3) is 0. The summed E-state index contributed by atoms with van der Waals surface area (Å²) in [6, 6.07) is 24.6. The third kappa shape index (κ3) is 4.48. The lowest BCUT2D eigenvalue weighted by Gasteiger charge is -2.10. The van der Waals surface area contributed by atoms with E-state index in [2.05, 4.69) is 10.3 Å². The van der Waals surface area contributed by atoms with E-state index in [0.29, 0.717) is 16.7 Å². The van der Waals surface area contributed by atoms with E-state index in [1.807, 2.05) is 42.5 Å². The normalized spacial score (nSPS) is 11.6. The molecule has 8 heteroatoms. The largest absolute Gasteiger partial charge is 0.478 e. The van der Waals surface area contributed by atoms with Gasteiger partial charge in [0.1, 0.15) is 0 Å².